The zero-order valence-electron chi connectivity index (χ0n) is 10.3. The fourth-order valence-electron chi connectivity index (χ4n) is 1.71. The SMILES string of the molecule is COc1cc(C(C)(C)C)cc2c1OCCO2. The first-order valence-electron chi connectivity index (χ1n) is 5.50. The van der Waals surface area contributed by atoms with Crippen LogP contribution in [0.1, 0.15) is 26.3 Å². The zero-order valence-corrected chi connectivity index (χ0v) is 10.3. The molecule has 0 amide bonds. The van der Waals surface area contributed by atoms with Crippen LogP contribution in [0.15, 0.2) is 12.1 Å². The Balaban J connectivity index is 2.52. The van der Waals surface area contributed by atoms with Gasteiger partial charge < -0.3 is 14.2 Å². The third-order valence-electron chi connectivity index (χ3n) is 2.69. The third-order valence-corrected chi connectivity index (χ3v) is 2.69. The van der Waals surface area contributed by atoms with Crippen molar-refractivity contribution in [1.29, 1.82) is 0 Å². The molecule has 1 aromatic rings. The number of benzene rings is 1. The molecule has 3 heteroatoms. The van der Waals surface area contributed by atoms with E-state index in [1.807, 2.05) is 12.1 Å². The minimum Gasteiger partial charge on any atom is -0.493 e. The fraction of sp³-hybridized carbons (Fsp3) is 0.538. The van der Waals surface area contributed by atoms with E-state index < -0.39 is 0 Å². The van der Waals surface area contributed by atoms with Crippen molar-refractivity contribution in [2.45, 2.75) is 26.2 Å². The molecule has 0 unspecified atom stereocenters. The van der Waals surface area contributed by atoms with Crippen molar-refractivity contribution in [2.75, 3.05) is 20.3 Å². The zero-order chi connectivity index (χ0) is 11.8. The van der Waals surface area contributed by atoms with Gasteiger partial charge in [-0.25, -0.2) is 0 Å². The summed E-state index contributed by atoms with van der Waals surface area (Å²) in [5.74, 6) is 2.26. The number of hydrogen-bond acceptors (Lipinski definition) is 3. The highest BCUT2D eigenvalue weighted by Gasteiger charge is 2.23. The average Bonchev–Trinajstić information content (AvgIpc) is 2.26. The molecule has 88 valence electrons. The van der Waals surface area contributed by atoms with Crippen LogP contribution in [-0.4, -0.2) is 20.3 Å². The summed E-state index contributed by atoms with van der Waals surface area (Å²) in [4.78, 5) is 0. The van der Waals surface area contributed by atoms with E-state index in [9.17, 15) is 0 Å². The first-order chi connectivity index (χ1) is 7.52. The van der Waals surface area contributed by atoms with E-state index in [1.165, 1.54) is 5.56 Å². The predicted molar refractivity (Wildman–Crippen MR) is 62.7 cm³/mol. The molecule has 0 spiro atoms. The number of hydrogen-bond donors (Lipinski definition) is 0. The van der Waals surface area contributed by atoms with E-state index in [0.717, 1.165) is 17.2 Å². The van der Waals surface area contributed by atoms with E-state index in [2.05, 4.69) is 20.8 Å². The molecule has 0 atom stereocenters. The van der Waals surface area contributed by atoms with Gasteiger partial charge in [0.15, 0.2) is 11.5 Å². The molecule has 0 radical (unpaired) electrons. The average molecular weight is 222 g/mol. The summed E-state index contributed by atoms with van der Waals surface area (Å²) in [6, 6.07) is 4.06. The van der Waals surface area contributed by atoms with Crippen molar-refractivity contribution in [2.24, 2.45) is 0 Å². The fourth-order valence-corrected chi connectivity index (χ4v) is 1.71. The summed E-state index contributed by atoms with van der Waals surface area (Å²) in [5, 5.41) is 0. The molecular formula is C13H18O3. The summed E-state index contributed by atoms with van der Waals surface area (Å²) in [6.45, 7) is 7.68. The van der Waals surface area contributed by atoms with Crippen LogP contribution in [0.5, 0.6) is 17.2 Å². The second-order valence-electron chi connectivity index (χ2n) is 4.95. The standard InChI is InChI=1S/C13H18O3/c1-13(2,3)9-7-10(14-4)12-11(8-9)15-5-6-16-12/h7-8H,5-6H2,1-4H3. The number of fused-ring (bicyclic) bond motifs is 1. The lowest BCUT2D eigenvalue weighted by atomic mass is 9.86. The quantitative estimate of drug-likeness (QED) is 0.731. The maximum absolute atomic E-state index is 5.60. The van der Waals surface area contributed by atoms with Gasteiger partial charge in [-0.3, -0.25) is 0 Å². The maximum atomic E-state index is 5.60. The van der Waals surface area contributed by atoms with Gasteiger partial charge in [-0.05, 0) is 23.1 Å². The molecule has 3 nitrogen and oxygen atoms in total. The van der Waals surface area contributed by atoms with Gasteiger partial charge in [0, 0.05) is 0 Å². The van der Waals surface area contributed by atoms with Crippen LogP contribution in [0.4, 0.5) is 0 Å². The lowest BCUT2D eigenvalue weighted by molar-refractivity contribution is 0.164. The van der Waals surface area contributed by atoms with E-state index in [1.54, 1.807) is 7.11 Å². The normalized spacial score (nSPS) is 14.8. The van der Waals surface area contributed by atoms with Crippen LogP contribution in [0.2, 0.25) is 0 Å². The maximum Gasteiger partial charge on any atom is 0.203 e. The van der Waals surface area contributed by atoms with Gasteiger partial charge in [-0.15, -0.1) is 0 Å². The Kier molecular flexibility index (Phi) is 2.70. The Hall–Kier alpha value is -1.38. The minimum atomic E-state index is 0.0725. The highest BCUT2D eigenvalue weighted by Crippen LogP contribution is 2.42. The highest BCUT2D eigenvalue weighted by atomic mass is 16.6. The van der Waals surface area contributed by atoms with Gasteiger partial charge in [0.2, 0.25) is 5.75 Å². The summed E-state index contributed by atoms with van der Waals surface area (Å²) < 4.78 is 16.5. The number of ether oxygens (including phenoxy) is 3. The van der Waals surface area contributed by atoms with E-state index >= 15 is 0 Å². The summed E-state index contributed by atoms with van der Waals surface area (Å²) >= 11 is 0. The molecule has 1 aliphatic rings. The van der Waals surface area contributed by atoms with Crippen molar-refractivity contribution >= 4 is 0 Å². The molecule has 2 rings (SSSR count). The van der Waals surface area contributed by atoms with Gasteiger partial charge in [-0.1, -0.05) is 20.8 Å². The van der Waals surface area contributed by atoms with E-state index in [0.29, 0.717) is 13.2 Å². The lowest BCUT2D eigenvalue weighted by Gasteiger charge is -2.25. The number of rotatable bonds is 1. The molecule has 0 saturated heterocycles. The molecule has 0 N–H and O–H groups in total. The molecule has 0 saturated carbocycles. The van der Waals surface area contributed by atoms with Crippen molar-refractivity contribution in [3.8, 4) is 17.2 Å². The second-order valence-corrected chi connectivity index (χ2v) is 4.95. The summed E-state index contributed by atoms with van der Waals surface area (Å²) in [6.07, 6.45) is 0. The van der Waals surface area contributed by atoms with Gasteiger partial charge in [-0.2, -0.15) is 0 Å². The van der Waals surface area contributed by atoms with Gasteiger partial charge >= 0.3 is 0 Å². The highest BCUT2D eigenvalue weighted by molar-refractivity contribution is 5.55. The van der Waals surface area contributed by atoms with Crippen LogP contribution in [0, 0.1) is 0 Å². The summed E-state index contributed by atoms with van der Waals surface area (Å²) in [5.41, 5.74) is 1.26. The van der Waals surface area contributed by atoms with Crippen LogP contribution >= 0.6 is 0 Å². The van der Waals surface area contributed by atoms with Gasteiger partial charge in [0.05, 0.1) is 7.11 Å². The monoisotopic (exact) mass is 222 g/mol. The van der Waals surface area contributed by atoms with Crippen LogP contribution in [0.25, 0.3) is 0 Å². The Bertz CT molecular complexity index is 374. The molecule has 0 aliphatic carbocycles. The Morgan fingerprint density at radius 3 is 2.44 bits per heavy atom. The van der Waals surface area contributed by atoms with Crippen molar-refractivity contribution < 1.29 is 14.2 Å². The molecule has 16 heavy (non-hydrogen) atoms. The van der Waals surface area contributed by atoms with Crippen molar-refractivity contribution in [3.05, 3.63) is 17.7 Å². The third kappa shape index (κ3) is 1.94. The largest absolute Gasteiger partial charge is 0.493 e. The molecule has 1 aromatic carbocycles. The van der Waals surface area contributed by atoms with Gasteiger partial charge in [0.1, 0.15) is 13.2 Å². The summed E-state index contributed by atoms with van der Waals surface area (Å²) in [7, 11) is 1.65. The second kappa shape index (κ2) is 3.89. The van der Waals surface area contributed by atoms with Crippen molar-refractivity contribution in [3.63, 3.8) is 0 Å². The molecule has 0 bridgehead atoms. The van der Waals surface area contributed by atoms with E-state index in [4.69, 9.17) is 14.2 Å². The van der Waals surface area contributed by atoms with Crippen molar-refractivity contribution in [1.82, 2.24) is 0 Å². The van der Waals surface area contributed by atoms with Crippen LogP contribution < -0.4 is 14.2 Å². The first kappa shape index (κ1) is 11.1. The Labute approximate surface area is 96.3 Å². The lowest BCUT2D eigenvalue weighted by Crippen LogP contribution is -2.18. The topological polar surface area (TPSA) is 27.7 Å². The minimum absolute atomic E-state index is 0.0725. The Morgan fingerprint density at radius 2 is 1.81 bits per heavy atom. The van der Waals surface area contributed by atoms with Crippen LogP contribution in [0.3, 0.4) is 0 Å². The Morgan fingerprint density at radius 1 is 1.12 bits per heavy atom. The number of methoxy groups -OCH3 is 1. The molecule has 1 heterocycles. The smallest absolute Gasteiger partial charge is 0.203 e. The van der Waals surface area contributed by atoms with E-state index in [-0.39, 0.29) is 5.41 Å². The first-order valence-corrected chi connectivity index (χ1v) is 5.50. The predicted octanol–water partition coefficient (Wildman–Crippen LogP) is 2.76. The molecule has 0 fully saturated rings. The molecule has 1 aliphatic heterocycles. The van der Waals surface area contributed by atoms with Crippen LogP contribution in [-0.2, 0) is 5.41 Å². The molecule has 0 aromatic heterocycles. The molecular weight excluding hydrogens is 204 g/mol. The van der Waals surface area contributed by atoms with Gasteiger partial charge in [0.25, 0.3) is 0 Å².